The zero-order valence-corrected chi connectivity index (χ0v) is 14.3. The van der Waals surface area contributed by atoms with E-state index in [1.807, 2.05) is 24.3 Å². The number of amides is 1. The highest BCUT2D eigenvalue weighted by molar-refractivity contribution is 6.03. The highest BCUT2D eigenvalue weighted by atomic mass is 16.5. The van der Waals surface area contributed by atoms with Crippen LogP contribution in [0.5, 0.6) is 0 Å². The summed E-state index contributed by atoms with van der Waals surface area (Å²) in [5.74, 6) is 1.71. The van der Waals surface area contributed by atoms with Crippen LogP contribution in [0, 0.1) is 6.92 Å². The molecule has 0 aliphatic carbocycles. The smallest absolute Gasteiger partial charge is 0.275 e. The van der Waals surface area contributed by atoms with E-state index in [9.17, 15) is 4.79 Å². The summed E-state index contributed by atoms with van der Waals surface area (Å²) in [5, 5.41) is 9.66. The van der Waals surface area contributed by atoms with Crippen LogP contribution in [-0.4, -0.2) is 21.0 Å². The van der Waals surface area contributed by atoms with Crippen LogP contribution >= 0.6 is 0 Å². The lowest BCUT2D eigenvalue weighted by atomic mass is 10.0. The summed E-state index contributed by atoms with van der Waals surface area (Å²) in [5.41, 5.74) is 2.09. The third-order valence-electron chi connectivity index (χ3n) is 3.60. The van der Waals surface area contributed by atoms with E-state index in [0.717, 1.165) is 11.3 Å². The molecule has 0 aliphatic rings. The Morgan fingerprint density at radius 1 is 1.12 bits per heavy atom. The molecule has 3 aromatic rings. The molecule has 7 nitrogen and oxygen atoms in total. The molecule has 0 unspecified atom stereocenters. The molecule has 3 rings (SSSR count). The number of anilines is 3. The Kier molecular flexibility index (Phi) is 4.74. The lowest BCUT2D eigenvalue weighted by molar-refractivity contribution is 0.102. The molecule has 7 heteroatoms. The van der Waals surface area contributed by atoms with Gasteiger partial charge in [0.25, 0.3) is 5.91 Å². The minimum Gasteiger partial charge on any atom is -0.360 e. The Labute approximate surface area is 145 Å². The van der Waals surface area contributed by atoms with Crippen LogP contribution in [0.3, 0.4) is 0 Å². The molecule has 0 saturated heterocycles. The van der Waals surface area contributed by atoms with Crippen molar-refractivity contribution in [2.45, 2.75) is 26.7 Å². The lowest BCUT2D eigenvalue weighted by Crippen LogP contribution is -2.15. The van der Waals surface area contributed by atoms with Gasteiger partial charge >= 0.3 is 0 Å². The summed E-state index contributed by atoms with van der Waals surface area (Å²) in [6.45, 7) is 5.96. The number of carbonyl (C=O) groups is 1. The highest BCUT2D eigenvalue weighted by Crippen LogP contribution is 2.24. The largest absolute Gasteiger partial charge is 0.360 e. The fourth-order valence-corrected chi connectivity index (χ4v) is 2.37. The Bertz CT molecular complexity index is 871. The first-order valence-corrected chi connectivity index (χ1v) is 7.95. The highest BCUT2D eigenvalue weighted by Gasteiger charge is 2.12. The van der Waals surface area contributed by atoms with Gasteiger partial charge < -0.3 is 15.2 Å². The number of nitrogens with one attached hydrogen (secondary N) is 2. The first-order valence-electron chi connectivity index (χ1n) is 7.95. The normalized spacial score (nSPS) is 10.7. The van der Waals surface area contributed by atoms with Gasteiger partial charge in [-0.15, -0.1) is 0 Å². The number of hydrogen-bond acceptors (Lipinski definition) is 6. The average Bonchev–Trinajstić information content (AvgIpc) is 3.00. The Balaban J connectivity index is 1.71. The molecule has 0 bridgehead atoms. The fourth-order valence-electron chi connectivity index (χ4n) is 2.37. The Morgan fingerprint density at radius 2 is 1.92 bits per heavy atom. The van der Waals surface area contributed by atoms with Crippen molar-refractivity contribution < 1.29 is 9.32 Å². The molecule has 128 valence electrons. The van der Waals surface area contributed by atoms with Gasteiger partial charge in [0.1, 0.15) is 17.3 Å². The topological polar surface area (TPSA) is 92.9 Å². The van der Waals surface area contributed by atoms with Gasteiger partial charge in [0.15, 0.2) is 5.82 Å². The molecular weight excluding hydrogens is 318 g/mol. The van der Waals surface area contributed by atoms with Crippen molar-refractivity contribution >= 4 is 23.2 Å². The average molecular weight is 337 g/mol. The van der Waals surface area contributed by atoms with Crippen molar-refractivity contribution in [1.29, 1.82) is 0 Å². The molecule has 0 radical (unpaired) electrons. The number of rotatable bonds is 5. The first-order chi connectivity index (χ1) is 12.0. The number of para-hydroxylation sites is 1. The van der Waals surface area contributed by atoms with Crippen molar-refractivity contribution in [2.75, 3.05) is 10.6 Å². The Hall–Kier alpha value is -3.22. The van der Waals surface area contributed by atoms with E-state index in [0.29, 0.717) is 23.3 Å². The maximum atomic E-state index is 12.4. The summed E-state index contributed by atoms with van der Waals surface area (Å²) in [4.78, 5) is 20.7. The SMILES string of the molecule is Cc1cc(Nc2cnc(C(=O)Nc3ccccc3C(C)C)cn2)no1. The van der Waals surface area contributed by atoms with E-state index >= 15 is 0 Å². The Morgan fingerprint density at radius 3 is 2.56 bits per heavy atom. The number of hydrogen-bond donors (Lipinski definition) is 2. The molecular formula is C18H19N5O2. The predicted octanol–water partition coefficient (Wildman–Crippen LogP) is 3.89. The molecule has 0 fully saturated rings. The molecule has 2 N–H and O–H groups in total. The third kappa shape index (κ3) is 4.00. The first kappa shape index (κ1) is 16.6. The van der Waals surface area contributed by atoms with Gasteiger partial charge in [-0.25, -0.2) is 9.97 Å². The van der Waals surface area contributed by atoms with Gasteiger partial charge in [0.05, 0.1) is 12.4 Å². The van der Waals surface area contributed by atoms with Gasteiger partial charge in [-0.1, -0.05) is 37.2 Å². The molecule has 1 amide bonds. The van der Waals surface area contributed by atoms with Crippen molar-refractivity contribution in [3.05, 3.63) is 59.7 Å². The van der Waals surface area contributed by atoms with Crippen LogP contribution in [0.2, 0.25) is 0 Å². The van der Waals surface area contributed by atoms with Crippen LogP contribution in [0.4, 0.5) is 17.3 Å². The third-order valence-corrected chi connectivity index (χ3v) is 3.60. The molecule has 0 spiro atoms. The van der Waals surface area contributed by atoms with Gasteiger partial charge in [-0.2, -0.15) is 0 Å². The fraction of sp³-hybridized carbons (Fsp3) is 0.222. The van der Waals surface area contributed by atoms with Crippen LogP contribution in [-0.2, 0) is 0 Å². The van der Waals surface area contributed by atoms with Crippen LogP contribution in [0.15, 0.2) is 47.2 Å². The van der Waals surface area contributed by atoms with E-state index < -0.39 is 0 Å². The zero-order valence-electron chi connectivity index (χ0n) is 14.3. The summed E-state index contributed by atoms with van der Waals surface area (Å²) < 4.78 is 4.97. The second-order valence-electron chi connectivity index (χ2n) is 5.93. The summed E-state index contributed by atoms with van der Waals surface area (Å²) in [6.07, 6.45) is 2.90. The zero-order chi connectivity index (χ0) is 17.8. The number of aryl methyl sites for hydroxylation is 1. The minimum atomic E-state index is -0.301. The van der Waals surface area contributed by atoms with Gasteiger partial charge in [-0.05, 0) is 24.5 Å². The maximum Gasteiger partial charge on any atom is 0.275 e. The van der Waals surface area contributed by atoms with Crippen molar-refractivity contribution in [2.24, 2.45) is 0 Å². The van der Waals surface area contributed by atoms with Crippen LogP contribution in [0.1, 0.15) is 41.6 Å². The molecule has 2 heterocycles. The lowest BCUT2D eigenvalue weighted by Gasteiger charge is -2.13. The predicted molar refractivity (Wildman–Crippen MR) is 95.0 cm³/mol. The number of aromatic nitrogens is 3. The van der Waals surface area contributed by atoms with E-state index in [-0.39, 0.29) is 11.6 Å². The molecule has 0 aliphatic heterocycles. The van der Waals surface area contributed by atoms with Gasteiger partial charge in [-0.3, -0.25) is 4.79 Å². The second-order valence-corrected chi connectivity index (χ2v) is 5.93. The second kappa shape index (κ2) is 7.12. The number of nitrogens with zero attached hydrogens (tertiary/aromatic N) is 3. The summed E-state index contributed by atoms with van der Waals surface area (Å²) in [6, 6.07) is 9.46. The van der Waals surface area contributed by atoms with E-state index in [2.05, 4.69) is 39.6 Å². The van der Waals surface area contributed by atoms with E-state index in [1.54, 1.807) is 13.0 Å². The van der Waals surface area contributed by atoms with Gasteiger partial charge in [0, 0.05) is 11.8 Å². The van der Waals surface area contributed by atoms with Crippen molar-refractivity contribution in [3.63, 3.8) is 0 Å². The van der Waals surface area contributed by atoms with Gasteiger partial charge in [0.2, 0.25) is 0 Å². The molecule has 1 aromatic carbocycles. The monoisotopic (exact) mass is 337 g/mol. The van der Waals surface area contributed by atoms with E-state index in [4.69, 9.17) is 4.52 Å². The standard InChI is InChI=1S/C18H19N5O2/c1-11(2)13-6-4-5-7-14(13)21-18(24)15-9-20-17(10-19-15)22-16-8-12(3)25-23-16/h4-11H,1-3H3,(H,21,24)(H,20,22,23). The molecule has 0 atom stereocenters. The van der Waals surface area contributed by atoms with Crippen molar-refractivity contribution in [1.82, 2.24) is 15.1 Å². The van der Waals surface area contributed by atoms with Crippen LogP contribution in [0.25, 0.3) is 0 Å². The quantitative estimate of drug-likeness (QED) is 0.733. The summed E-state index contributed by atoms with van der Waals surface area (Å²) in [7, 11) is 0. The van der Waals surface area contributed by atoms with E-state index in [1.165, 1.54) is 12.4 Å². The van der Waals surface area contributed by atoms with Crippen LogP contribution < -0.4 is 10.6 Å². The number of carbonyl (C=O) groups excluding carboxylic acids is 1. The molecule has 2 aromatic heterocycles. The molecule has 0 saturated carbocycles. The number of benzene rings is 1. The maximum absolute atomic E-state index is 12.4. The minimum absolute atomic E-state index is 0.237. The summed E-state index contributed by atoms with van der Waals surface area (Å²) >= 11 is 0. The molecule has 25 heavy (non-hydrogen) atoms. The van der Waals surface area contributed by atoms with Crippen molar-refractivity contribution in [3.8, 4) is 0 Å².